The number of benzene rings is 1. The van der Waals surface area contributed by atoms with Crippen LogP contribution in [0.1, 0.15) is 20.3 Å². The molecule has 5 nitrogen and oxygen atoms in total. The first-order chi connectivity index (χ1) is 9.47. The highest BCUT2D eigenvalue weighted by Crippen LogP contribution is 2.17. The second kappa shape index (κ2) is 6.56. The van der Waals surface area contributed by atoms with E-state index >= 15 is 0 Å². The van der Waals surface area contributed by atoms with Gasteiger partial charge in [-0.05, 0) is 43.1 Å². The van der Waals surface area contributed by atoms with E-state index in [9.17, 15) is 8.42 Å². The summed E-state index contributed by atoms with van der Waals surface area (Å²) in [5, 5.41) is 3.14. The van der Waals surface area contributed by atoms with Crippen LogP contribution in [0.15, 0.2) is 29.2 Å². The maximum atomic E-state index is 12.2. The summed E-state index contributed by atoms with van der Waals surface area (Å²) in [5.41, 5.74) is 0. The van der Waals surface area contributed by atoms with Crippen molar-refractivity contribution in [2.24, 2.45) is 5.92 Å². The zero-order valence-corrected chi connectivity index (χ0v) is 12.7. The number of rotatable bonds is 6. The first kappa shape index (κ1) is 15.3. The van der Waals surface area contributed by atoms with Gasteiger partial charge in [-0.3, -0.25) is 0 Å². The predicted molar refractivity (Wildman–Crippen MR) is 78.4 cm³/mol. The van der Waals surface area contributed by atoms with Gasteiger partial charge in [-0.1, -0.05) is 13.8 Å². The monoisotopic (exact) mass is 298 g/mol. The molecule has 1 aromatic carbocycles. The van der Waals surface area contributed by atoms with Crippen molar-refractivity contribution < 1.29 is 13.2 Å². The minimum atomic E-state index is -3.44. The fraction of sp³-hybridized carbons (Fsp3) is 0.571. The van der Waals surface area contributed by atoms with E-state index in [4.69, 9.17) is 4.74 Å². The Morgan fingerprint density at radius 2 is 2.05 bits per heavy atom. The van der Waals surface area contributed by atoms with Crippen molar-refractivity contribution in [2.75, 3.05) is 19.7 Å². The third kappa shape index (κ3) is 4.19. The summed E-state index contributed by atoms with van der Waals surface area (Å²) in [5.74, 6) is 1.13. The van der Waals surface area contributed by atoms with Gasteiger partial charge in [-0.2, -0.15) is 0 Å². The van der Waals surface area contributed by atoms with Gasteiger partial charge in [0.2, 0.25) is 10.0 Å². The van der Waals surface area contributed by atoms with Gasteiger partial charge in [-0.15, -0.1) is 0 Å². The standard InChI is InChI=1S/C14H22N2O3S/c1-11(2)10-19-13-3-5-14(6-4-13)20(17,18)16-12-7-8-15-9-12/h3-6,11-12,15-16H,7-10H2,1-2H3/t12-/m1/s1. The normalized spacial score (nSPS) is 19.4. The molecule has 0 spiro atoms. The van der Waals surface area contributed by atoms with Crippen LogP contribution in [0.3, 0.4) is 0 Å². The number of sulfonamides is 1. The Hall–Kier alpha value is -1.11. The highest BCUT2D eigenvalue weighted by Gasteiger charge is 2.22. The van der Waals surface area contributed by atoms with Gasteiger partial charge >= 0.3 is 0 Å². The smallest absolute Gasteiger partial charge is 0.240 e. The van der Waals surface area contributed by atoms with E-state index in [1.807, 2.05) is 0 Å². The molecule has 0 unspecified atom stereocenters. The second-order valence-electron chi connectivity index (χ2n) is 5.49. The number of hydrogen-bond acceptors (Lipinski definition) is 4. The van der Waals surface area contributed by atoms with E-state index in [-0.39, 0.29) is 10.9 Å². The minimum Gasteiger partial charge on any atom is -0.493 e. The van der Waals surface area contributed by atoms with Crippen molar-refractivity contribution in [1.82, 2.24) is 10.0 Å². The molecule has 1 saturated heterocycles. The van der Waals surface area contributed by atoms with Crippen LogP contribution in [0.4, 0.5) is 0 Å². The lowest BCUT2D eigenvalue weighted by Crippen LogP contribution is -2.36. The topological polar surface area (TPSA) is 67.4 Å². The SMILES string of the molecule is CC(C)COc1ccc(S(=O)(=O)N[C@@H]2CCNC2)cc1. The van der Waals surface area contributed by atoms with Gasteiger partial charge in [0, 0.05) is 12.6 Å². The molecular weight excluding hydrogens is 276 g/mol. The molecule has 112 valence electrons. The Labute approximate surface area is 120 Å². The van der Waals surface area contributed by atoms with Gasteiger partial charge in [0.25, 0.3) is 0 Å². The largest absolute Gasteiger partial charge is 0.493 e. The van der Waals surface area contributed by atoms with Gasteiger partial charge in [0.15, 0.2) is 0 Å². The molecule has 0 amide bonds. The highest BCUT2D eigenvalue weighted by atomic mass is 32.2. The van der Waals surface area contributed by atoms with Crippen molar-refractivity contribution in [3.05, 3.63) is 24.3 Å². The van der Waals surface area contributed by atoms with E-state index in [1.165, 1.54) is 0 Å². The quantitative estimate of drug-likeness (QED) is 0.832. The predicted octanol–water partition coefficient (Wildman–Crippen LogP) is 1.36. The number of ether oxygens (including phenoxy) is 1. The van der Waals surface area contributed by atoms with E-state index in [1.54, 1.807) is 24.3 Å². The molecular formula is C14H22N2O3S. The Morgan fingerprint density at radius 1 is 1.35 bits per heavy atom. The van der Waals surface area contributed by atoms with Crippen LogP contribution in [0.2, 0.25) is 0 Å². The lowest BCUT2D eigenvalue weighted by atomic mass is 10.2. The second-order valence-corrected chi connectivity index (χ2v) is 7.20. The Kier molecular flexibility index (Phi) is 5.01. The van der Waals surface area contributed by atoms with Gasteiger partial charge in [0.1, 0.15) is 5.75 Å². The lowest BCUT2D eigenvalue weighted by Gasteiger charge is -2.13. The third-order valence-electron chi connectivity index (χ3n) is 3.10. The molecule has 1 fully saturated rings. The van der Waals surface area contributed by atoms with Crippen LogP contribution in [0.25, 0.3) is 0 Å². The van der Waals surface area contributed by atoms with E-state index in [0.29, 0.717) is 24.8 Å². The molecule has 1 heterocycles. The molecule has 0 aliphatic carbocycles. The molecule has 0 saturated carbocycles. The molecule has 2 rings (SSSR count). The zero-order chi connectivity index (χ0) is 14.6. The Balaban J connectivity index is 2.00. The van der Waals surface area contributed by atoms with Crippen LogP contribution in [0.5, 0.6) is 5.75 Å². The molecule has 1 aliphatic rings. The summed E-state index contributed by atoms with van der Waals surface area (Å²) in [6.07, 6.45) is 0.828. The first-order valence-electron chi connectivity index (χ1n) is 6.93. The minimum absolute atomic E-state index is 0.0168. The first-order valence-corrected chi connectivity index (χ1v) is 8.41. The fourth-order valence-corrected chi connectivity index (χ4v) is 3.29. The van der Waals surface area contributed by atoms with Gasteiger partial charge in [0.05, 0.1) is 11.5 Å². The van der Waals surface area contributed by atoms with Crippen molar-refractivity contribution in [2.45, 2.75) is 31.2 Å². The van der Waals surface area contributed by atoms with E-state index < -0.39 is 10.0 Å². The van der Waals surface area contributed by atoms with Crippen molar-refractivity contribution >= 4 is 10.0 Å². The molecule has 0 aromatic heterocycles. The lowest BCUT2D eigenvalue weighted by molar-refractivity contribution is 0.271. The average Bonchev–Trinajstić information content (AvgIpc) is 2.89. The summed E-state index contributed by atoms with van der Waals surface area (Å²) in [6, 6.07) is 6.55. The van der Waals surface area contributed by atoms with Crippen LogP contribution in [-0.4, -0.2) is 34.2 Å². The van der Waals surface area contributed by atoms with Crippen LogP contribution in [0, 0.1) is 5.92 Å². The number of hydrogen-bond donors (Lipinski definition) is 2. The fourth-order valence-electron chi connectivity index (χ4n) is 2.02. The summed E-state index contributed by atoms with van der Waals surface area (Å²) in [7, 11) is -3.44. The van der Waals surface area contributed by atoms with Crippen LogP contribution in [-0.2, 0) is 10.0 Å². The van der Waals surface area contributed by atoms with E-state index in [2.05, 4.69) is 23.9 Å². The van der Waals surface area contributed by atoms with Crippen LogP contribution < -0.4 is 14.8 Å². The van der Waals surface area contributed by atoms with Gasteiger partial charge < -0.3 is 10.1 Å². The molecule has 1 atom stereocenters. The third-order valence-corrected chi connectivity index (χ3v) is 4.64. The average molecular weight is 298 g/mol. The van der Waals surface area contributed by atoms with Crippen molar-refractivity contribution in [3.63, 3.8) is 0 Å². The molecule has 20 heavy (non-hydrogen) atoms. The summed E-state index contributed by atoms with van der Waals surface area (Å²) < 4.78 is 32.6. The molecule has 0 radical (unpaired) electrons. The van der Waals surface area contributed by atoms with Crippen molar-refractivity contribution in [3.8, 4) is 5.75 Å². The summed E-state index contributed by atoms with van der Waals surface area (Å²) in [6.45, 7) is 6.30. The highest BCUT2D eigenvalue weighted by molar-refractivity contribution is 7.89. The summed E-state index contributed by atoms with van der Waals surface area (Å²) in [4.78, 5) is 0.279. The Morgan fingerprint density at radius 3 is 2.60 bits per heavy atom. The Bertz CT molecular complexity index is 520. The number of nitrogens with one attached hydrogen (secondary N) is 2. The van der Waals surface area contributed by atoms with E-state index in [0.717, 1.165) is 13.0 Å². The maximum Gasteiger partial charge on any atom is 0.240 e. The molecule has 1 aliphatic heterocycles. The maximum absolute atomic E-state index is 12.2. The molecule has 2 N–H and O–H groups in total. The van der Waals surface area contributed by atoms with Crippen molar-refractivity contribution in [1.29, 1.82) is 0 Å². The molecule has 0 bridgehead atoms. The zero-order valence-electron chi connectivity index (χ0n) is 11.9. The van der Waals surface area contributed by atoms with Crippen LogP contribution >= 0.6 is 0 Å². The molecule has 1 aromatic rings. The van der Waals surface area contributed by atoms with Gasteiger partial charge in [-0.25, -0.2) is 13.1 Å². The summed E-state index contributed by atoms with van der Waals surface area (Å²) >= 11 is 0. The molecule has 6 heteroatoms.